The molecule has 0 aliphatic carbocycles. The highest BCUT2D eigenvalue weighted by Gasteiger charge is 2.59. The summed E-state index contributed by atoms with van der Waals surface area (Å²) in [4.78, 5) is 20.6. The molecule has 3 rings (SSSR count). The third kappa shape index (κ3) is 4.12. The molecule has 1 aromatic carbocycles. The van der Waals surface area contributed by atoms with E-state index in [0.717, 1.165) is 13.0 Å². The van der Waals surface area contributed by atoms with Gasteiger partial charge >= 0.3 is 6.18 Å². The summed E-state index contributed by atoms with van der Waals surface area (Å²) in [6, 6.07) is 5.30. The number of halogens is 4. The lowest BCUT2D eigenvalue weighted by atomic mass is 9.89. The Bertz CT molecular complexity index is 1090. The number of amides is 1. The Balaban J connectivity index is 1.92. The number of methoxy groups -OCH3 is 1. The molecule has 0 saturated carbocycles. The topological polar surface area (TPSA) is 98.8 Å². The Morgan fingerprint density at radius 1 is 1.28 bits per heavy atom. The number of amidine groups is 1. The van der Waals surface area contributed by atoms with E-state index < -0.39 is 41.5 Å². The lowest BCUT2D eigenvalue weighted by molar-refractivity contribution is -0.249. The number of ether oxygens (including phenoxy) is 2. The van der Waals surface area contributed by atoms with Crippen LogP contribution in [0, 0.1) is 12.7 Å². The number of anilines is 1. The third-order valence-corrected chi connectivity index (χ3v) is 5.35. The molecule has 2 heterocycles. The van der Waals surface area contributed by atoms with Crippen molar-refractivity contribution in [3.05, 3.63) is 53.1 Å². The number of alkyl halides is 3. The Labute approximate surface area is 181 Å². The number of nitrogens with one attached hydrogen (secondary N) is 1. The molecule has 0 radical (unpaired) electrons. The SMILES string of the molecule is COc1cnc(C(=O)Nc2ccc(F)c([C@]3(C)CO[C@@](C)(C(F)(F)F)C(N)=N3)c2)c(C)c1. The van der Waals surface area contributed by atoms with Crippen molar-refractivity contribution in [1.29, 1.82) is 0 Å². The van der Waals surface area contributed by atoms with Crippen molar-refractivity contribution < 1.29 is 31.8 Å². The maximum absolute atomic E-state index is 14.6. The van der Waals surface area contributed by atoms with E-state index in [-0.39, 0.29) is 16.9 Å². The van der Waals surface area contributed by atoms with E-state index in [1.165, 1.54) is 32.4 Å². The Morgan fingerprint density at radius 3 is 2.53 bits per heavy atom. The first-order valence-electron chi connectivity index (χ1n) is 9.49. The number of aromatic nitrogens is 1. The summed E-state index contributed by atoms with van der Waals surface area (Å²) in [5.74, 6) is -1.62. The lowest BCUT2D eigenvalue weighted by Gasteiger charge is -2.41. The molecule has 0 spiro atoms. The van der Waals surface area contributed by atoms with Gasteiger partial charge in [0.2, 0.25) is 5.60 Å². The predicted molar refractivity (Wildman–Crippen MR) is 109 cm³/mol. The standard InChI is InChI=1S/C21H22F4N4O3/c1-11-7-13(31-4)9-27-16(11)17(30)28-12-5-6-15(22)14(8-12)19(2)10-32-20(3,18(26)29-19)21(23,24)25/h5-9H,10H2,1-4H3,(H2,26,29)(H,28,30)/t19-,20+/m0/s1. The molecule has 7 nitrogen and oxygen atoms in total. The molecule has 172 valence electrons. The summed E-state index contributed by atoms with van der Waals surface area (Å²) in [6.45, 7) is 3.27. The van der Waals surface area contributed by atoms with Crippen molar-refractivity contribution >= 4 is 17.4 Å². The van der Waals surface area contributed by atoms with Gasteiger partial charge in [-0.2, -0.15) is 13.2 Å². The van der Waals surface area contributed by atoms with Crippen LogP contribution in [-0.2, 0) is 10.3 Å². The first-order valence-corrected chi connectivity index (χ1v) is 9.49. The van der Waals surface area contributed by atoms with Gasteiger partial charge in [-0.05, 0) is 50.6 Å². The van der Waals surface area contributed by atoms with Crippen LogP contribution in [0.1, 0.15) is 35.5 Å². The fourth-order valence-electron chi connectivity index (χ4n) is 3.23. The molecule has 1 aliphatic heterocycles. The highest BCUT2D eigenvalue weighted by Crippen LogP contribution is 2.41. The van der Waals surface area contributed by atoms with Gasteiger partial charge in [-0.1, -0.05) is 0 Å². The quantitative estimate of drug-likeness (QED) is 0.687. The van der Waals surface area contributed by atoms with Crippen LogP contribution in [-0.4, -0.2) is 42.2 Å². The van der Waals surface area contributed by atoms with Crippen molar-refractivity contribution in [2.24, 2.45) is 10.7 Å². The Hall–Kier alpha value is -3.21. The van der Waals surface area contributed by atoms with Crippen LogP contribution >= 0.6 is 0 Å². The van der Waals surface area contributed by atoms with E-state index in [9.17, 15) is 22.4 Å². The van der Waals surface area contributed by atoms with E-state index in [0.29, 0.717) is 11.3 Å². The summed E-state index contributed by atoms with van der Waals surface area (Å²) >= 11 is 0. The van der Waals surface area contributed by atoms with Crippen LogP contribution < -0.4 is 15.8 Å². The second-order valence-electron chi connectivity index (χ2n) is 7.78. The first kappa shape index (κ1) is 23.5. The van der Waals surface area contributed by atoms with Crippen molar-refractivity contribution in [3.63, 3.8) is 0 Å². The van der Waals surface area contributed by atoms with Crippen LogP contribution in [0.4, 0.5) is 23.2 Å². The van der Waals surface area contributed by atoms with E-state index in [2.05, 4.69) is 15.3 Å². The third-order valence-electron chi connectivity index (χ3n) is 5.35. The zero-order valence-electron chi connectivity index (χ0n) is 17.8. The average molecular weight is 454 g/mol. The van der Waals surface area contributed by atoms with Gasteiger partial charge < -0.3 is 20.5 Å². The van der Waals surface area contributed by atoms with Crippen LogP contribution in [0.3, 0.4) is 0 Å². The molecule has 3 N–H and O–H groups in total. The number of hydrogen-bond acceptors (Lipinski definition) is 6. The van der Waals surface area contributed by atoms with Gasteiger partial charge in [0, 0.05) is 11.3 Å². The molecule has 1 aliphatic rings. The number of carbonyl (C=O) groups excluding carboxylic acids is 1. The first-order chi connectivity index (χ1) is 14.8. The fraction of sp³-hybridized carbons (Fsp3) is 0.381. The maximum atomic E-state index is 14.6. The Kier molecular flexibility index (Phi) is 5.90. The molecule has 11 heteroatoms. The number of nitrogens with two attached hydrogens (primary N) is 1. The minimum absolute atomic E-state index is 0.0816. The van der Waals surface area contributed by atoms with Crippen LogP contribution in [0.5, 0.6) is 5.75 Å². The van der Waals surface area contributed by atoms with Crippen molar-refractivity contribution in [3.8, 4) is 5.75 Å². The highest BCUT2D eigenvalue weighted by atomic mass is 19.4. The number of pyridine rings is 1. The minimum Gasteiger partial charge on any atom is -0.495 e. The number of carbonyl (C=O) groups is 1. The molecule has 1 amide bonds. The molecular weight excluding hydrogens is 432 g/mol. The molecule has 0 fully saturated rings. The number of nitrogens with zero attached hydrogens (tertiary/aromatic N) is 2. The van der Waals surface area contributed by atoms with Crippen LogP contribution in [0.2, 0.25) is 0 Å². The van der Waals surface area contributed by atoms with Crippen LogP contribution in [0.25, 0.3) is 0 Å². The van der Waals surface area contributed by atoms with E-state index in [4.69, 9.17) is 15.2 Å². The molecular formula is C21H22F4N4O3. The Morgan fingerprint density at radius 2 is 1.97 bits per heavy atom. The second-order valence-corrected chi connectivity index (χ2v) is 7.78. The van der Waals surface area contributed by atoms with Gasteiger partial charge in [-0.25, -0.2) is 9.37 Å². The largest absolute Gasteiger partial charge is 0.495 e. The van der Waals surface area contributed by atoms with Gasteiger partial charge in [0.25, 0.3) is 5.91 Å². The summed E-state index contributed by atoms with van der Waals surface area (Å²) in [6.07, 6.45) is -3.41. The van der Waals surface area contributed by atoms with Gasteiger partial charge in [0.05, 0.1) is 19.9 Å². The normalized spacial score (nSPS) is 23.4. The van der Waals surface area contributed by atoms with Crippen molar-refractivity contribution in [2.45, 2.75) is 38.1 Å². The molecule has 32 heavy (non-hydrogen) atoms. The lowest BCUT2D eigenvalue weighted by Crippen LogP contribution is -2.60. The highest BCUT2D eigenvalue weighted by molar-refractivity contribution is 6.04. The summed E-state index contributed by atoms with van der Waals surface area (Å²) < 4.78 is 64.7. The summed E-state index contributed by atoms with van der Waals surface area (Å²) in [7, 11) is 1.47. The smallest absolute Gasteiger partial charge is 0.424 e. The summed E-state index contributed by atoms with van der Waals surface area (Å²) in [5, 5.41) is 2.60. The fourth-order valence-corrected chi connectivity index (χ4v) is 3.23. The molecule has 2 aromatic rings. The number of hydrogen-bond donors (Lipinski definition) is 2. The van der Waals surface area contributed by atoms with Crippen molar-refractivity contribution in [2.75, 3.05) is 19.0 Å². The predicted octanol–water partition coefficient (Wildman–Crippen LogP) is 3.71. The molecule has 0 bridgehead atoms. The molecule has 0 saturated heterocycles. The molecule has 0 unspecified atom stereocenters. The van der Waals surface area contributed by atoms with Gasteiger partial charge in [-0.3, -0.25) is 9.79 Å². The summed E-state index contributed by atoms with van der Waals surface area (Å²) in [5.41, 5.74) is 2.09. The number of aryl methyl sites for hydroxylation is 1. The number of rotatable bonds is 4. The van der Waals surface area contributed by atoms with Crippen LogP contribution in [0.15, 0.2) is 35.5 Å². The zero-order valence-corrected chi connectivity index (χ0v) is 17.8. The van der Waals surface area contributed by atoms with Gasteiger partial charge in [-0.15, -0.1) is 0 Å². The number of aliphatic imine (C=N–C) groups is 1. The van der Waals surface area contributed by atoms with E-state index in [1.807, 2.05) is 0 Å². The van der Waals surface area contributed by atoms with Gasteiger partial charge in [0.15, 0.2) is 0 Å². The van der Waals surface area contributed by atoms with Crippen molar-refractivity contribution in [1.82, 2.24) is 4.98 Å². The molecule has 1 aromatic heterocycles. The van der Waals surface area contributed by atoms with E-state index >= 15 is 0 Å². The minimum atomic E-state index is -4.79. The number of benzene rings is 1. The average Bonchev–Trinajstić information content (AvgIpc) is 2.71. The maximum Gasteiger partial charge on any atom is 0.424 e. The van der Waals surface area contributed by atoms with Gasteiger partial charge in [0.1, 0.15) is 28.6 Å². The zero-order chi connectivity index (χ0) is 23.9. The monoisotopic (exact) mass is 454 g/mol. The van der Waals surface area contributed by atoms with E-state index in [1.54, 1.807) is 13.0 Å². The second kappa shape index (κ2) is 8.05. The molecule has 2 atom stereocenters.